The number of hydrogen-bond donors (Lipinski definition) is 1. The van der Waals surface area contributed by atoms with Crippen LogP contribution >= 0.6 is 11.6 Å². The van der Waals surface area contributed by atoms with Crippen molar-refractivity contribution < 1.29 is 9.52 Å². The van der Waals surface area contributed by atoms with Gasteiger partial charge in [0.1, 0.15) is 11.5 Å². The average molecular weight is 266 g/mol. The molecular weight excluding hydrogens is 250 g/mol. The second-order valence-corrected chi connectivity index (χ2v) is 4.74. The van der Waals surface area contributed by atoms with Crippen LogP contribution in [0.1, 0.15) is 17.1 Å². The second kappa shape index (κ2) is 5.46. The minimum Gasteiger partial charge on any atom is -0.464 e. The fraction of sp³-hybridized carbons (Fsp3) is 0.286. The van der Waals surface area contributed by atoms with Crippen molar-refractivity contribution in [3.63, 3.8) is 0 Å². The first-order valence-electron chi connectivity index (χ1n) is 5.76. The number of hydrogen-bond acceptors (Lipinski definition) is 3. The Morgan fingerprint density at radius 2 is 2.06 bits per heavy atom. The molecule has 2 rings (SSSR count). The first-order chi connectivity index (χ1) is 8.60. The molecule has 96 valence electrons. The molecule has 0 radical (unpaired) electrons. The summed E-state index contributed by atoms with van der Waals surface area (Å²) < 4.78 is 5.54. The molecule has 3 nitrogen and oxygen atoms in total. The Morgan fingerprint density at radius 3 is 2.67 bits per heavy atom. The van der Waals surface area contributed by atoms with Crippen LogP contribution in [0.15, 0.2) is 34.7 Å². The number of aliphatic hydroxyl groups excluding tert-OH is 1. The molecule has 1 heterocycles. The monoisotopic (exact) mass is 265 g/mol. The molecule has 1 aromatic heterocycles. The minimum atomic E-state index is -0.0303. The number of halogens is 1. The van der Waals surface area contributed by atoms with E-state index in [2.05, 4.69) is 0 Å². The van der Waals surface area contributed by atoms with E-state index in [1.807, 2.05) is 43.1 Å². The van der Waals surface area contributed by atoms with E-state index in [1.54, 1.807) is 6.07 Å². The summed E-state index contributed by atoms with van der Waals surface area (Å²) in [6.07, 6.45) is 0. The van der Waals surface area contributed by atoms with Crippen molar-refractivity contribution in [2.24, 2.45) is 0 Å². The summed E-state index contributed by atoms with van der Waals surface area (Å²) in [4.78, 5) is 2.03. The number of benzene rings is 1. The van der Waals surface area contributed by atoms with E-state index >= 15 is 0 Å². The molecule has 0 aliphatic rings. The molecule has 0 saturated heterocycles. The first kappa shape index (κ1) is 13.0. The lowest BCUT2D eigenvalue weighted by Gasteiger charge is -2.21. The smallest absolute Gasteiger partial charge is 0.123 e. The molecule has 2 aromatic rings. The Hall–Kier alpha value is -1.45. The summed E-state index contributed by atoms with van der Waals surface area (Å²) in [7, 11) is 1.96. The van der Waals surface area contributed by atoms with Gasteiger partial charge in [0.25, 0.3) is 0 Å². The van der Waals surface area contributed by atoms with Gasteiger partial charge in [-0.25, -0.2) is 0 Å². The molecule has 1 aromatic carbocycles. The Balaban J connectivity index is 2.20. The van der Waals surface area contributed by atoms with Crippen molar-refractivity contribution in [2.45, 2.75) is 20.1 Å². The van der Waals surface area contributed by atoms with Crippen LogP contribution in [0.2, 0.25) is 5.02 Å². The maximum atomic E-state index is 9.35. The maximum absolute atomic E-state index is 9.35. The van der Waals surface area contributed by atoms with Gasteiger partial charge in [-0.2, -0.15) is 0 Å². The molecule has 0 unspecified atom stereocenters. The van der Waals surface area contributed by atoms with Crippen LogP contribution in [0, 0.1) is 6.92 Å². The van der Waals surface area contributed by atoms with E-state index in [9.17, 15) is 5.11 Å². The summed E-state index contributed by atoms with van der Waals surface area (Å²) in [5, 5.41) is 9.98. The van der Waals surface area contributed by atoms with Crippen LogP contribution in [0.4, 0.5) is 5.69 Å². The zero-order chi connectivity index (χ0) is 13.1. The highest BCUT2D eigenvalue weighted by Crippen LogP contribution is 2.25. The summed E-state index contributed by atoms with van der Waals surface area (Å²) in [5.74, 6) is 1.80. The first-order valence-corrected chi connectivity index (χ1v) is 6.13. The average Bonchev–Trinajstić information content (AvgIpc) is 2.74. The predicted octanol–water partition coefficient (Wildman–Crippen LogP) is 3.37. The van der Waals surface area contributed by atoms with Crippen LogP contribution in [-0.4, -0.2) is 12.2 Å². The molecule has 0 spiro atoms. The fourth-order valence-electron chi connectivity index (χ4n) is 1.94. The number of aryl methyl sites for hydroxylation is 1. The topological polar surface area (TPSA) is 36.6 Å². The van der Waals surface area contributed by atoms with Crippen LogP contribution in [0.5, 0.6) is 0 Å². The van der Waals surface area contributed by atoms with E-state index in [0.717, 1.165) is 22.8 Å². The summed E-state index contributed by atoms with van der Waals surface area (Å²) >= 11 is 5.92. The lowest BCUT2D eigenvalue weighted by Crippen LogP contribution is -2.17. The molecule has 0 atom stereocenters. The van der Waals surface area contributed by atoms with Crippen molar-refractivity contribution in [3.05, 3.63) is 52.4 Å². The number of furan rings is 1. The predicted molar refractivity (Wildman–Crippen MR) is 72.9 cm³/mol. The quantitative estimate of drug-likeness (QED) is 0.921. The van der Waals surface area contributed by atoms with Gasteiger partial charge in [-0.3, -0.25) is 0 Å². The lowest BCUT2D eigenvalue weighted by molar-refractivity contribution is 0.282. The van der Waals surface area contributed by atoms with Gasteiger partial charge in [-0.1, -0.05) is 11.6 Å². The molecule has 0 aliphatic carbocycles. The highest BCUT2D eigenvalue weighted by molar-refractivity contribution is 6.30. The SMILES string of the molecule is Cc1ccc(CN(C)c2ccc(Cl)cc2CO)o1. The molecule has 4 heteroatoms. The highest BCUT2D eigenvalue weighted by Gasteiger charge is 2.09. The standard InChI is InChI=1S/C14H16ClNO2/c1-10-3-5-13(18-10)8-16(2)14-6-4-12(15)7-11(14)9-17/h3-7,17H,8-9H2,1-2H3. The maximum Gasteiger partial charge on any atom is 0.123 e. The van der Waals surface area contributed by atoms with Gasteiger partial charge in [0.05, 0.1) is 13.2 Å². The molecule has 0 aliphatic heterocycles. The number of rotatable bonds is 4. The Bertz CT molecular complexity index is 536. The van der Waals surface area contributed by atoms with Gasteiger partial charge in [-0.05, 0) is 37.3 Å². The van der Waals surface area contributed by atoms with Crippen molar-refractivity contribution in [1.82, 2.24) is 0 Å². The number of anilines is 1. The zero-order valence-electron chi connectivity index (χ0n) is 10.5. The molecule has 18 heavy (non-hydrogen) atoms. The minimum absolute atomic E-state index is 0.0303. The van der Waals surface area contributed by atoms with Crippen LogP contribution in [0.25, 0.3) is 0 Å². The lowest BCUT2D eigenvalue weighted by atomic mass is 10.1. The molecule has 0 bridgehead atoms. The molecule has 0 amide bonds. The molecular formula is C14H16ClNO2. The van der Waals surface area contributed by atoms with Crippen LogP contribution in [-0.2, 0) is 13.2 Å². The van der Waals surface area contributed by atoms with Crippen molar-refractivity contribution in [1.29, 1.82) is 0 Å². The van der Waals surface area contributed by atoms with Crippen LogP contribution < -0.4 is 4.90 Å². The van der Waals surface area contributed by atoms with E-state index in [1.165, 1.54) is 0 Å². The van der Waals surface area contributed by atoms with E-state index in [-0.39, 0.29) is 6.61 Å². The van der Waals surface area contributed by atoms with E-state index in [4.69, 9.17) is 16.0 Å². The zero-order valence-corrected chi connectivity index (χ0v) is 11.2. The van der Waals surface area contributed by atoms with Gasteiger partial charge in [0.2, 0.25) is 0 Å². The van der Waals surface area contributed by atoms with Crippen molar-refractivity contribution in [3.8, 4) is 0 Å². The molecule has 0 saturated carbocycles. The largest absolute Gasteiger partial charge is 0.464 e. The van der Waals surface area contributed by atoms with Crippen molar-refractivity contribution >= 4 is 17.3 Å². The van der Waals surface area contributed by atoms with Gasteiger partial charge in [0, 0.05) is 23.3 Å². The van der Waals surface area contributed by atoms with Gasteiger partial charge < -0.3 is 14.4 Å². The number of nitrogens with zero attached hydrogens (tertiary/aromatic N) is 1. The highest BCUT2D eigenvalue weighted by atomic mass is 35.5. The second-order valence-electron chi connectivity index (χ2n) is 4.30. The fourth-order valence-corrected chi connectivity index (χ4v) is 2.14. The van der Waals surface area contributed by atoms with Gasteiger partial charge in [-0.15, -0.1) is 0 Å². The number of aliphatic hydroxyl groups is 1. The summed E-state index contributed by atoms with van der Waals surface area (Å²) in [6, 6.07) is 9.41. The summed E-state index contributed by atoms with van der Waals surface area (Å²) in [5.41, 5.74) is 1.77. The van der Waals surface area contributed by atoms with E-state index in [0.29, 0.717) is 11.6 Å². The van der Waals surface area contributed by atoms with Crippen molar-refractivity contribution in [2.75, 3.05) is 11.9 Å². The summed E-state index contributed by atoms with van der Waals surface area (Å²) in [6.45, 7) is 2.55. The van der Waals surface area contributed by atoms with Gasteiger partial charge in [0.15, 0.2) is 0 Å². The Morgan fingerprint density at radius 1 is 1.28 bits per heavy atom. The van der Waals surface area contributed by atoms with Crippen LogP contribution in [0.3, 0.4) is 0 Å². The Labute approximate surface area is 112 Å². The van der Waals surface area contributed by atoms with E-state index < -0.39 is 0 Å². The third-order valence-electron chi connectivity index (χ3n) is 2.81. The molecule has 1 N–H and O–H groups in total. The van der Waals surface area contributed by atoms with Gasteiger partial charge >= 0.3 is 0 Å². The molecule has 0 fully saturated rings. The normalized spacial score (nSPS) is 10.7. The third kappa shape index (κ3) is 2.86. The Kier molecular flexibility index (Phi) is 3.94. The third-order valence-corrected chi connectivity index (χ3v) is 3.05.